The van der Waals surface area contributed by atoms with Crippen molar-refractivity contribution in [3.63, 3.8) is 0 Å². The van der Waals surface area contributed by atoms with E-state index in [-0.39, 0.29) is 23.3 Å². The van der Waals surface area contributed by atoms with E-state index in [2.05, 4.69) is 26.1 Å². The fourth-order valence-corrected chi connectivity index (χ4v) is 5.14. The first-order chi connectivity index (χ1) is 14.1. The lowest BCUT2D eigenvalue weighted by atomic mass is 9.72. The number of rotatable bonds is 5. The molecule has 3 rings (SSSR count). The molecule has 0 aliphatic heterocycles. The molecule has 0 spiro atoms. The highest BCUT2D eigenvalue weighted by Gasteiger charge is 2.35. The molecule has 1 heterocycles. The monoisotopic (exact) mass is 430 g/mol. The van der Waals surface area contributed by atoms with Crippen molar-refractivity contribution in [1.82, 2.24) is 0 Å². The molecule has 160 valence electrons. The summed E-state index contributed by atoms with van der Waals surface area (Å²) in [6.45, 7) is 8.59. The molecule has 0 fully saturated rings. The summed E-state index contributed by atoms with van der Waals surface area (Å²) in [4.78, 5) is 37.3. The summed E-state index contributed by atoms with van der Waals surface area (Å²) < 4.78 is 5.24. The fraction of sp³-hybridized carbons (Fsp3) is 0.455. The number of carbonyl (C=O) groups is 2. The number of hydrogen-bond donors (Lipinski definition) is 1. The minimum atomic E-state index is -0.612. The summed E-state index contributed by atoms with van der Waals surface area (Å²) in [6.07, 6.45) is 2.53. The van der Waals surface area contributed by atoms with Gasteiger partial charge in [0.2, 0.25) is 0 Å². The average molecular weight is 431 g/mol. The van der Waals surface area contributed by atoms with Gasteiger partial charge in [-0.05, 0) is 49.1 Å². The molecule has 1 unspecified atom stereocenters. The Morgan fingerprint density at radius 3 is 2.63 bits per heavy atom. The summed E-state index contributed by atoms with van der Waals surface area (Å²) in [6, 6.07) is 5.77. The zero-order chi connectivity index (χ0) is 22.1. The summed E-state index contributed by atoms with van der Waals surface area (Å²) in [5.74, 6) is -0.613. The molecule has 30 heavy (non-hydrogen) atoms. The van der Waals surface area contributed by atoms with Gasteiger partial charge in [-0.3, -0.25) is 14.9 Å². The Balaban J connectivity index is 1.99. The van der Waals surface area contributed by atoms with E-state index in [9.17, 15) is 19.7 Å². The second kappa shape index (κ2) is 8.55. The third kappa shape index (κ3) is 4.38. The van der Waals surface area contributed by atoms with Crippen LogP contribution in [0.2, 0.25) is 0 Å². The van der Waals surface area contributed by atoms with Gasteiger partial charge in [0.1, 0.15) is 10.6 Å². The van der Waals surface area contributed by atoms with Gasteiger partial charge < -0.3 is 10.1 Å². The topological polar surface area (TPSA) is 98.5 Å². The van der Waals surface area contributed by atoms with E-state index in [0.717, 1.165) is 29.7 Å². The van der Waals surface area contributed by atoms with Crippen LogP contribution in [0.1, 0.15) is 65.3 Å². The van der Waals surface area contributed by atoms with Crippen molar-refractivity contribution in [2.24, 2.45) is 11.3 Å². The first-order valence-electron chi connectivity index (χ1n) is 9.99. The Morgan fingerprint density at radius 1 is 1.30 bits per heavy atom. The smallest absolute Gasteiger partial charge is 0.341 e. The zero-order valence-electron chi connectivity index (χ0n) is 17.6. The predicted octanol–water partition coefficient (Wildman–Crippen LogP) is 5.24. The second-order valence-electron chi connectivity index (χ2n) is 8.46. The number of fused-ring (bicyclic) bond motifs is 1. The van der Waals surface area contributed by atoms with Crippen LogP contribution in [0.3, 0.4) is 0 Å². The molecule has 1 aromatic heterocycles. The molecule has 1 aliphatic carbocycles. The minimum Gasteiger partial charge on any atom is -0.462 e. The molecule has 0 saturated heterocycles. The van der Waals surface area contributed by atoms with Gasteiger partial charge in [-0.1, -0.05) is 32.9 Å². The lowest BCUT2D eigenvalue weighted by molar-refractivity contribution is -0.385. The van der Waals surface area contributed by atoms with E-state index in [0.29, 0.717) is 16.5 Å². The Kier molecular flexibility index (Phi) is 6.26. The van der Waals surface area contributed by atoms with Crippen LogP contribution in [-0.4, -0.2) is 23.4 Å². The first kappa shape index (κ1) is 22.0. The quantitative estimate of drug-likeness (QED) is 0.397. The van der Waals surface area contributed by atoms with Crippen molar-refractivity contribution in [3.05, 3.63) is 55.9 Å². The Labute approximate surface area is 179 Å². The zero-order valence-corrected chi connectivity index (χ0v) is 18.4. The number of nitro groups is 1. The fourth-order valence-electron chi connectivity index (χ4n) is 3.83. The second-order valence-corrected chi connectivity index (χ2v) is 9.57. The maximum atomic E-state index is 12.8. The van der Waals surface area contributed by atoms with Crippen LogP contribution < -0.4 is 5.32 Å². The Hall–Kier alpha value is -2.74. The van der Waals surface area contributed by atoms with Gasteiger partial charge in [0.05, 0.1) is 17.1 Å². The number of para-hydroxylation sites is 1. The SMILES string of the molecule is CCOC(=O)c1c(NC(=O)c2ccccc2[N+](=O)[O-])sc2c1CCC(C(C)(C)C)C2. The highest BCUT2D eigenvalue weighted by atomic mass is 32.1. The van der Waals surface area contributed by atoms with Gasteiger partial charge in [-0.2, -0.15) is 0 Å². The van der Waals surface area contributed by atoms with E-state index >= 15 is 0 Å². The number of esters is 1. The van der Waals surface area contributed by atoms with Crippen LogP contribution in [0.4, 0.5) is 10.7 Å². The molecule has 8 heteroatoms. The lowest BCUT2D eigenvalue weighted by Crippen LogP contribution is -2.26. The van der Waals surface area contributed by atoms with Crippen molar-refractivity contribution < 1.29 is 19.2 Å². The molecule has 1 N–H and O–H groups in total. The van der Waals surface area contributed by atoms with Gasteiger partial charge in [0.15, 0.2) is 0 Å². The Morgan fingerprint density at radius 2 is 2.00 bits per heavy atom. The summed E-state index contributed by atoms with van der Waals surface area (Å²) in [7, 11) is 0. The highest BCUT2D eigenvalue weighted by Crippen LogP contribution is 2.44. The van der Waals surface area contributed by atoms with E-state index in [4.69, 9.17) is 4.74 Å². The van der Waals surface area contributed by atoms with E-state index < -0.39 is 16.8 Å². The normalized spacial score (nSPS) is 15.9. The Bertz CT molecular complexity index is 990. The number of ether oxygens (including phenoxy) is 1. The summed E-state index contributed by atoms with van der Waals surface area (Å²) in [5.41, 5.74) is 1.13. The van der Waals surface area contributed by atoms with Gasteiger partial charge in [0, 0.05) is 10.9 Å². The minimum absolute atomic E-state index is 0.0451. The number of carbonyl (C=O) groups excluding carboxylic acids is 2. The number of anilines is 1. The molecule has 7 nitrogen and oxygen atoms in total. The van der Waals surface area contributed by atoms with E-state index in [1.165, 1.54) is 29.5 Å². The van der Waals surface area contributed by atoms with Gasteiger partial charge >= 0.3 is 5.97 Å². The number of nitrogens with one attached hydrogen (secondary N) is 1. The molecular formula is C22H26N2O5S. The molecule has 1 aromatic carbocycles. The van der Waals surface area contributed by atoms with E-state index in [1.54, 1.807) is 13.0 Å². The third-order valence-corrected chi connectivity index (χ3v) is 6.71. The van der Waals surface area contributed by atoms with Crippen molar-refractivity contribution in [3.8, 4) is 0 Å². The summed E-state index contributed by atoms with van der Waals surface area (Å²) >= 11 is 1.37. The number of benzene rings is 1. The molecule has 1 amide bonds. The predicted molar refractivity (Wildman–Crippen MR) is 116 cm³/mol. The number of amides is 1. The number of thiophene rings is 1. The highest BCUT2D eigenvalue weighted by molar-refractivity contribution is 7.17. The number of nitro benzene ring substituents is 1. The number of nitrogens with zero attached hydrogens (tertiary/aromatic N) is 1. The molecule has 0 radical (unpaired) electrons. The van der Waals surface area contributed by atoms with Crippen LogP contribution >= 0.6 is 11.3 Å². The van der Waals surface area contributed by atoms with Crippen LogP contribution in [0.25, 0.3) is 0 Å². The maximum absolute atomic E-state index is 12.8. The first-order valence-corrected chi connectivity index (χ1v) is 10.8. The molecule has 0 saturated carbocycles. The molecule has 1 atom stereocenters. The van der Waals surface area contributed by atoms with Crippen LogP contribution in [0.15, 0.2) is 24.3 Å². The standard InChI is InChI=1S/C22H26N2O5S/c1-5-29-21(26)18-15-11-10-13(22(2,3)4)12-17(15)30-20(18)23-19(25)14-8-6-7-9-16(14)24(27)28/h6-9,13H,5,10-12H2,1-4H3,(H,23,25). The molecular weight excluding hydrogens is 404 g/mol. The lowest BCUT2D eigenvalue weighted by Gasteiger charge is -2.33. The maximum Gasteiger partial charge on any atom is 0.341 e. The molecule has 0 bridgehead atoms. The van der Waals surface area contributed by atoms with E-state index in [1.807, 2.05) is 0 Å². The number of hydrogen-bond acceptors (Lipinski definition) is 6. The van der Waals surface area contributed by atoms with Crippen LogP contribution in [0, 0.1) is 21.4 Å². The van der Waals surface area contributed by atoms with Crippen LogP contribution in [0.5, 0.6) is 0 Å². The van der Waals surface area contributed by atoms with Crippen LogP contribution in [-0.2, 0) is 17.6 Å². The van der Waals surface area contributed by atoms with Gasteiger partial charge in [0.25, 0.3) is 11.6 Å². The van der Waals surface area contributed by atoms with Gasteiger partial charge in [-0.15, -0.1) is 11.3 Å². The summed E-state index contributed by atoms with van der Waals surface area (Å²) in [5, 5.41) is 14.4. The van der Waals surface area contributed by atoms with Crippen molar-refractivity contribution in [2.75, 3.05) is 11.9 Å². The molecule has 2 aromatic rings. The molecule has 1 aliphatic rings. The third-order valence-electron chi connectivity index (χ3n) is 5.54. The van der Waals surface area contributed by atoms with Crippen molar-refractivity contribution in [2.45, 2.75) is 47.0 Å². The van der Waals surface area contributed by atoms with Gasteiger partial charge in [-0.25, -0.2) is 4.79 Å². The van der Waals surface area contributed by atoms with Crippen molar-refractivity contribution in [1.29, 1.82) is 0 Å². The largest absolute Gasteiger partial charge is 0.462 e. The average Bonchev–Trinajstić information content (AvgIpc) is 3.04. The van der Waals surface area contributed by atoms with Crippen molar-refractivity contribution >= 4 is 33.9 Å².